The second-order valence-corrected chi connectivity index (χ2v) is 9.31. The second-order valence-electron chi connectivity index (χ2n) is 9.31. The lowest BCUT2D eigenvalue weighted by Gasteiger charge is -2.35. The Bertz CT molecular complexity index is 934. The van der Waals surface area contributed by atoms with Crippen LogP contribution in [0.3, 0.4) is 0 Å². The van der Waals surface area contributed by atoms with Gasteiger partial charge in [-0.1, -0.05) is 48.5 Å². The van der Waals surface area contributed by atoms with E-state index < -0.39 is 0 Å². The van der Waals surface area contributed by atoms with Gasteiger partial charge in [-0.05, 0) is 43.7 Å². The van der Waals surface area contributed by atoms with Crippen LogP contribution in [0.1, 0.15) is 43.2 Å². The predicted molar refractivity (Wildman–Crippen MR) is 131 cm³/mol. The van der Waals surface area contributed by atoms with Crippen LogP contribution >= 0.6 is 0 Å². The lowest BCUT2D eigenvalue weighted by Crippen LogP contribution is -2.46. The summed E-state index contributed by atoms with van der Waals surface area (Å²) in [5, 5.41) is 0. The Hall–Kier alpha value is -2.86. The first-order chi connectivity index (χ1) is 16.6. The van der Waals surface area contributed by atoms with E-state index in [1.165, 1.54) is 5.56 Å². The van der Waals surface area contributed by atoms with E-state index in [-0.39, 0.29) is 23.8 Å². The van der Waals surface area contributed by atoms with Gasteiger partial charge in [-0.15, -0.1) is 0 Å². The van der Waals surface area contributed by atoms with Crippen LogP contribution in [0.15, 0.2) is 54.6 Å². The molecule has 2 heterocycles. The number of methoxy groups -OCH3 is 1. The third-order valence-corrected chi connectivity index (χ3v) is 6.98. The lowest BCUT2D eigenvalue weighted by molar-refractivity contribution is -0.142. The van der Waals surface area contributed by atoms with Gasteiger partial charge in [-0.2, -0.15) is 0 Å². The average Bonchev–Trinajstić information content (AvgIpc) is 3.40. The Morgan fingerprint density at radius 3 is 2.47 bits per heavy atom. The van der Waals surface area contributed by atoms with Gasteiger partial charge in [-0.3, -0.25) is 9.59 Å². The molecule has 1 atom stereocenters. The maximum absolute atomic E-state index is 13.6. The van der Waals surface area contributed by atoms with Crippen molar-refractivity contribution in [2.75, 3.05) is 33.4 Å². The first kappa shape index (κ1) is 24.3. The molecule has 4 rings (SSSR count). The highest BCUT2D eigenvalue weighted by Crippen LogP contribution is 2.26. The van der Waals surface area contributed by atoms with Crippen molar-refractivity contribution in [2.45, 2.75) is 51.2 Å². The third kappa shape index (κ3) is 6.38. The summed E-state index contributed by atoms with van der Waals surface area (Å²) in [6.07, 6.45) is 4.83. The van der Waals surface area contributed by atoms with E-state index in [0.29, 0.717) is 45.4 Å². The molecule has 0 N–H and O–H groups in total. The van der Waals surface area contributed by atoms with Crippen LogP contribution in [0.25, 0.3) is 0 Å². The van der Waals surface area contributed by atoms with Crippen molar-refractivity contribution in [2.24, 2.45) is 5.92 Å². The van der Waals surface area contributed by atoms with Gasteiger partial charge in [0.25, 0.3) is 0 Å². The van der Waals surface area contributed by atoms with Crippen LogP contribution in [0.2, 0.25) is 0 Å². The summed E-state index contributed by atoms with van der Waals surface area (Å²) in [6, 6.07) is 18.0. The molecule has 1 unspecified atom stereocenters. The topological polar surface area (TPSA) is 59.1 Å². The molecule has 0 saturated carbocycles. The predicted octanol–water partition coefficient (Wildman–Crippen LogP) is 4.07. The number of ether oxygens (including phenoxy) is 2. The summed E-state index contributed by atoms with van der Waals surface area (Å²) in [6.45, 7) is 3.18. The second kappa shape index (κ2) is 12.0. The number of amides is 2. The number of aryl methyl sites for hydroxylation is 1. The largest absolute Gasteiger partial charge is 0.496 e. The minimum absolute atomic E-state index is 0.0608. The van der Waals surface area contributed by atoms with Crippen LogP contribution in [-0.4, -0.2) is 61.1 Å². The smallest absolute Gasteiger partial charge is 0.226 e. The first-order valence-corrected chi connectivity index (χ1v) is 12.5. The molecule has 182 valence electrons. The summed E-state index contributed by atoms with van der Waals surface area (Å²) in [7, 11) is 1.66. The quantitative estimate of drug-likeness (QED) is 0.561. The fraction of sp³-hybridized carbons (Fsp3) is 0.500. The number of likely N-dealkylation sites (tertiary alicyclic amines) is 1. The molecule has 0 aromatic heterocycles. The van der Waals surface area contributed by atoms with E-state index in [1.54, 1.807) is 7.11 Å². The van der Waals surface area contributed by atoms with Crippen LogP contribution in [0.4, 0.5) is 0 Å². The summed E-state index contributed by atoms with van der Waals surface area (Å²) in [5.41, 5.74) is 2.19. The first-order valence-electron chi connectivity index (χ1n) is 12.5. The number of piperidine rings is 1. The average molecular weight is 465 g/mol. The molecule has 6 heteroatoms. The van der Waals surface area contributed by atoms with Crippen LogP contribution in [0, 0.1) is 5.92 Å². The van der Waals surface area contributed by atoms with Crippen molar-refractivity contribution < 1.29 is 19.1 Å². The van der Waals surface area contributed by atoms with E-state index in [1.807, 2.05) is 52.3 Å². The monoisotopic (exact) mass is 464 g/mol. The maximum atomic E-state index is 13.6. The number of carbonyl (C=O) groups is 2. The summed E-state index contributed by atoms with van der Waals surface area (Å²) >= 11 is 0. The zero-order chi connectivity index (χ0) is 23.8. The fourth-order valence-electron chi connectivity index (χ4n) is 4.99. The van der Waals surface area contributed by atoms with Gasteiger partial charge >= 0.3 is 0 Å². The molecule has 2 amide bonds. The molecule has 0 aliphatic carbocycles. The fourth-order valence-corrected chi connectivity index (χ4v) is 4.99. The molecule has 2 aliphatic heterocycles. The van der Waals surface area contributed by atoms with Crippen molar-refractivity contribution in [3.05, 3.63) is 65.7 Å². The normalized spacial score (nSPS) is 18.6. The molecule has 6 nitrogen and oxygen atoms in total. The molecule has 34 heavy (non-hydrogen) atoms. The van der Waals surface area contributed by atoms with E-state index >= 15 is 0 Å². The molecule has 2 saturated heterocycles. The van der Waals surface area contributed by atoms with Gasteiger partial charge in [-0.25, -0.2) is 0 Å². The summed E-state index contributed by atoms with van der Waals surface area (Å²) in [4.78, 5) is 30.2. The van der Waals surface area contributed by atoms with E-state index in [2.05, 4.69) is 12.1 Å². The Kier molecular flexibility index (Phi) is 8.58. The van der Waals surface area contributed by atoms with Gasteiger partial charge in [0.05, 0.1) is 13.2 Å². The van der Waals surface area contributed by atoms with E-state index in [0.717, 1.165) is 37.2 Å². The lowest BCUT2D eigenvalue weighted by atomic mass is 9.94. The highest BCUT2D eigenvalue weighted by Gasteiger charge is 2.32. The number of hydrogen-bond donors (Lipinski definition) is 0. The Balaban J connectivity index is 1.34. The molecule has 0 spiro atoms. The van der Waals surface area contributed by atoms with Gasteiger partial charge in [0.15, 0.2) is 0 Å². The summed E-state index contributed by atoms with van der Waals surface area (Å²) < 4.78 is 11.4. The van der Waals surface area contributed by atoms with Gasteiger partial charge < -0.3 is 19.3 Å². The van der Waals surface area contributed by atoms with Crippen molar-refractivity contribution >= 4 is 11.8 Å². The van der Waals surface area contributed by atoms with Gasteiger partial charge in [0.2, 0.25) is 11.8 Å². The minimum atomic E-state index is -0.0608. The number of nitrogens with zero attached hydrogens (tertiary/aromatic N) is 2. The van der Waals surface area contributed by atoms with Crippen LogP contribution in [0.5, 0.6) is 5.75 Å². The Morgan fingerprint density at radius 2 is 1.76 bits per heavy atom. The molecule has 0 bridgehead atoms. The van der Waals surface area contributed by atoms with E-state index in [9.17, 15) is 9.59 Å². The van der Waals surface area contributed by atoms with Crippen molar-refractivity contribution in [3.63, 3.8) is 0 Å². The van der Waals surface area contributed by atoms with Crippen molar-refractivity contribution in [1.82, 2.24) is 9.80 Å². The molecular weight excluding hydrogens is 428 g/mol. The molecule has 2 aliphatic rings. The Labute approximate surface area is 202 Å². The molecular formula is C28H36N2O4. The molecule has 2 aromatic carbocycles. The molecule has 2 aromatic rings. The molecule has 0 radical (unpaired) electrons. The minimum Gasteiger partial charge on any atom is -0.496 e. The maximum Gasteiger partial charge on any atom is 0.226 e. The zero-order valence-electron chi connectivity index (χ0n) is 20.2. The SMILES string of the molecule is COc1ccccc1CN(CC1CCCO1)C(=O)C1CCN(C(=O)CCc2ccccc2)CC1. The number of hydrogen-bond acceptors (Lipinski definition) is 4. The van der Waals surface area contributed by atoms with E-state index in [4.69, 9.17) is 9.47 Å². The Morgan fingerprint density at radius 1 is 1.03 bits per heavy atom. The van der Waals surface area contributed by atoms with Crippen LogP contribution < -0.4 is 4.74 Å². The van der Waals surface area contributed by atoms with Gasteiger partial charge in [0.1, 0.15) is 5.75 Å². The molecule has 2 fully saturated rings. The zero-order valence-corrected chi connectivity index (χ0v) is 20.2. The highest BCUT2D eigenvalue weighted by atomic mass is 16.5. The van der Waals surface area contributed by atoms with Crippen molar-refractivity contribution in [1.29, 1.82) is 0 Å². The number of carbonyl (C=O) groups excluding carboxylic acids is 2. The highest BCUT2D eigenvalue weighted by molar-refractivity contribution is 5.80. The third-order valence-electron chi connectivity index (χ3n) is 6.98. The standard InChI is InChI=1S/C28H36N2O4/c1-33-26-12-6-5-10-24(26)20-30(21-25-11-7-19-34-25)28(32)23-15-17-29(18-16-23)27(31)14-13-22-8-3-2-4-9-22/h2-6,8-10,12,23,25H,7,11,13-21H2,1H3. The van der Waals surface area contributed by atoms with Gasteiger partial charge in [0, 0.05) is 50.7 Å². The number of rotatable bonds is 9. The number of benzene rings is 2. The number of para-hydroxylation sites is 1. The van der Waals surface area contributed by atoms with Crippen LogP contribution in [-0.2, 0) is 27.3 Å². The summed E-state index contributed by atoms with van der Waals surface area (Å²) in [5.74, 6) is 1.08. The van der Waals surface area contributed by atoms with Crippen molar-refractivity contribution in [3.8, 4) is 5.75 Å².